The molecule has 0 spiro atoms. The molecule has 1 N–H and O–H groups in total. The predicted molar refractivity (Wildman–Crippen MR) is 91.5 cm³/mol. The molecule has 0 bridgehead atoms. The molecule has 0 radical (unpaired) electrons. The number of hydrogen-bond acceptors (Lipinski definition) is 3. The van der Waals surface area contributed by atoms with E-state index < -0.39 is 0 Å². The first-order valence-corrected chi connectivity index (χ1v) is 7.45. The Morgan fingerprint density at radius 2 is 1.82 bits per heavy atom. The van der Waals surface area contributed by atoms with Crippen molar-refractivity contribution in [3.05, 3.63) is 65.9 Å². The van der Waals surface area contributed by atoms with Crippen LogP contribution >= 0.6 is 0 Å². The van der Waals surface area contributed by atoms with Gasteiger partial charge in [-0.1, -0.05) is 42.5 Å². The van der Waals surface area contributed by atoms with Gasteiger partial charge in [0.1, 0.15) is 11.3 Å². The summed E-state index contributed by atoms with van der Waals surface area (Å²) in [6.45, 7) is 4.17. The van der Waals surface area contributed by atoms with Gasteiger partial charge in [-0.3, -0.25) is 0 Å². The van der Waals surface area contributed by atoms with Crippen molar-refractivity contribution in [1.82, 2.24) is 4.98 Å². The summed E-state index contributed by atoms with van der Waals surface area (Å²) >= 11 is 0. The summed E-state index contributed by atoms with van der Waals surface area (Å²) in [5.41, 5.74) is 4.21. The quantitative estimate of drug-likeness (QED) is 0.755. The number of pyridine rings is 1. The molecule has 0 aliphatic carbocycles. The number of rotatable bonds is 4. The summed E-state index contributed by atoms with van der Waals surface area (Å²) in [4.78, 5) is 4.62. The molecule has 3 aromatic rings. The summed E-state index contributed by atoms with van der Waals surface area (Å²) < 4.78 is 5.44. The minimum Gasteiger partial charge on any atom is -0.494 e. The first-order chi connectivity index (χ1) is 10.7. The van der Waals surface area contributed by atoms with Crippen molar-refractivity contribution in [2.24, 2.45) is 0 Å². The molecular formula is C19H20N2O. The van der Waals surface area contributed by atoms with E-state index >= 15 is 0 Å². The van der Waals surface area contributed by atoms with E-state index in [1.54, 1.807) is 7.11 Å². The third-order valence-corrected chi connectivity index (χ3v) is 3.82. The number of benzene rings is 2. The van der Waals surface area contributed by atoms with Gasteiger partial charge in [-0.15, -0.1) is 0 Å². The number of ether oxygens (including phenoxy) is 1. The van der Waals surface area contributed by atoms with E-state index in [-0.39, 0.29) is 6.04 Å². The number of aryl methyl sites for hydroxylation is 1. The maximum atomic E-state index is 5.44. The fourth-order valence-electron chi connectivity index (χ4n) is 2.69. The Labute approximate surface area is 131 Å². The third kappa shape index (κ3) is 2.75. The highest BCUT2D eigenvalue weighted by Crippen LogP contribution is 2.31. The summed E-state index contributed by atoms with van der Waals surface area (Å²) in [6, 6.07) is 18.7. The van der Waals surface area contributed by atoms with Crippen LogP contribution in [0.2, 0.25) is 0 Å². The summed E-state index contributed by atoms with van der Waals surface area (Å²) in [7, 11) is 1.68. The normalized spacial score (nSPS) is 12.1. The first kappa shape index (κ1) is 14.4. The Morgan fingerprint density at radius 1 is 1.05 bits per heavy atom. The summed E-state index contributed by atoms with van der Waals surface area (Å²) in [5.74, 6) is 0.802. The zero-order chi connectivity index (χ0) is 15.5. The van der Waals surface area contributed by atoms with Crippen molar-refractivity contribution < 1.29 is 4.74 Å². The number of para-hydroxylation sites is 1. The minimum atomic E-state index is 0.220. The molecule has 1 heterocycles. The van der Waals surface area contributed by atoms with Gasteiger partial charge in [-0.2, -0.15) is 0 Å². The van der Waals surface area contributed by atoms with Gasteiger partial charge in [0.2, 0.25) is 0 Å². The van der Waals surface area contributed by atoms with Crippen LogP contribution in [0.3, 0.4) is 0 Å². The molecule has 0 aliphatic rings. The fourth-order valence-corrected chi connectivity index (χ4v) is 2.69. The molecule has 0 saturated heterocycles. The molecule has 0 saturated carbocycles. The zero-order valence-electron chi connectivity index (χ0n) is 13.1. The van der Waals surface area contributed by atoms with Crippen LogP contribution in [0.5, 0.6) is 5.75 Å². The second-order valence-electron chi connectivity index (χ2n) is 5.44. The van der Waals surface area contributed by atoms with E-state index in [0.717, 1.165) is 28.0 Å². The van der Waals surface area contributed by atoms with Gasteiger partial charge in [-0.05, 0) is 31.5 Å². The lowest BCUT2D eigenvalue weighted by Crippen LogP contribution is -2.07. The summed E-state index contributed by atoms with van der Waals surface area (Å²) in [6.07, 6.45) is 0. The predicted octanol–water partition coefficient (Wildman–Crippen LogP) is 4.72. The SMILES string of the molecule is COc1cccc2c(NC(C)c3ccccc3)cc(C)nc12. The Morgan fingerprint density at radius 3 is 2.55 bits per heavy atom. The van der Waals surface area contributed by atoms with Crippen molar-refractivity contribution in [1.29, 1.82) is 0 Å². The minimum absolute atomic E-state index is 0.220. The van der Waals surface area contributed by atoms with Crippen LogP contribution in [0.4, 0.5) is 5.69 Å². The number of anilines is 1. The average molecular weight is 292 g/mol. The van der Waals surface area contributed by atoms with Gasteiger partial charge in [0.15, 0.2) is 0 Å². The monoisotopic (exact) mass is 292 g/mol. The molecule has 112 valence electrons. The van der Waals surface area contributed by atoms with Crippen LogP contribution in [-0.2, 0) is 0 Å². The molecule has 1 atom stereocenters. The van der Waals surface area contributed by atoms with Gasteiger partial charge in [0, 0.05) is 22.8 Å². The van der Waals surface area contributed by atoms with Crippen LogP contribution in [0.15, 0.2) is 54.6 Å². The lowest BCUT2D eigenvalue weighted by molar-refractivity contribution is 0.419. The van der Waals surface area contributed by atoms with Crippen LogP contribution < -0.4 is 10.1 Å². The van der Waals surface area contributed by atoms with E-state index in [1.807, 2.05) is 25.1 Å². The largest absolute Gasteiger partial charge is 0.494 e. The van der Waals surface area contributed by atoms with Gasteiger partial charge in [-0.25, -0.2) is 4.98 Å². The van der Waals surface area contributed by atoms with Crippen molar-refractivity contribution in [3.8, 4) is 5.75 Å². The van der Waals surface area contributed by atoms with Crippen LogP contribution in [0.1, 0.15) is 24.2 Å². The highest BCUT2D eigenvalue weighted by molar-refractivity contribution is 5.95. The van der Waals surface area contributed by atoms with Crippen molar-refractivity contribution in [2.75, 3.05) is 12.4 Å². The Kier molecular flexibility index (Phi) is 3.96. The molecule has 0 aliphatic heterocycles. The Hall–Kier alpha value is -2.55. The Bertz CT molecular complexity index is 784. The van der Waals surface area contributed by atoms with Gasteiger partial charge in [0.25, 0.3) is 0 Å². The molecule has 22 heavy (non-hydrogen) atoms. The number of fused-ring (bicyclic) bond motifs is 1. The smallest absolute Gasteiger partial charge is 0.145 e. The van der Waals surface area contributed by atoms with E-state index in [1.165, 1.54) is 5.56 Å². The van der Waals surface area contributed by atoms with E-state index in [2.05, 4.69) is 53.6 Å². The standard InChI is InChI=1S/C19H20N2O/c1-13-12-17(21-14(2)15-8-5-4-6-9-15)16-10-7-11-18(22-3)19(16)20-13/h4-12,14H,1-3H3,(H,20,21). The second-order valence-corrected chi connectivity index (χ2v) is 5.44. The molecule has 0 fully saturated rings. The molecule has 0 amide bonds. The molecule has 1 aromatic heterocycles. The number of nitrogens with zero attached hydrogens (tertiary/aromatic N) is 1. The number of aromatic nitrogens is 1. The van der Waals surface area contributed by atoms with E-state index in [9.17, 15) is 0 Å². The van der Waals surface area contributed by atoms with Gasteiger partial charge < -0.3 is 10.1 Å². The average Bonchev–Trinajstić information content (AvgIpc) is 2.55. The van der Waals surface area contributed by atoms with Gasteiger partial charge >= 0.3 is 0 Å². The van der Waals surface area contributed by atoms with Gasteiger partial charge in [0.05, 0.1) is 7.11 Å². The molecule has 3 heteroatoms. The maximum Gasteiger partial charge on any atom is 0.145 e. The third-order valence-electron chi connectivity index (χ3n) is 3.82. The number of nitrogens with one attached hydrogen (secondary N) is 1. The first-order valence-electron chi connectivity index (χ1n) is 7.45. The highest BCUT2D eigenvalue weighted by Gasteiger charge is 2.11. The van der Waals surface area contributed by atoms with Crippen molar-refractivity contribution in [3.63, 3.8) is 0 Å². The lowest BCUT2D eigenvalue weighted by atomic mass is 10.1. The van der Waals surface area contributed by atoms with Crippen LogP contribution in [-0.4, -0.2) is 12.1 Å². The number of methoxy groups -OCH3 is 1. The molecular weight excluding hydrogens is 272 g/mol. The molecule has 1 unspecified atom stereocenters. The zero-order valence-corrected chi connectivity index (χ0v) is 13.1. The van der Waals surface area contributed by atoms with E-state index in [4.69, 9.17) is 4.74 Å². The number of hydrogen-bond donors (Lipinski definition) is 1. The van der Waals surface area contributed by atoms with Crippen LogP contribution in [0.25, 0.3) is 10.9 Å². The lowest BCUT2D eigenvalue weighted by Gasteiger charge is -2.18. The molecule has 2 aromatic carbocycles. The Balaban J connectivity index is 2.04. The van der Waals surface area contributed by atoms with Crippen molar-refractivity contribution >= 4 is 16.6 Å². The maximum absolute atomic E-state index is 5.44. The second kappa shape index (κ2) is 6.06. The highest BCUT2D eigenvalue weighted by atomic mass is 16.5. The fraction of sp³-hybridized carbons (Fsp3) is 0.211. The molecule has 3 rings (SSSR count). The van der Waals surface area contributed by atoms with E-state index in [0.29, 0.717) is 0 Å². The van der Waals surface area contributed by atoms with Crippen molar-refractivity contribution in [2.45, 2.75) is 19.9 Å². The van der Waals surface area contributed by atoms with Crippen LogP contribution in [0, 0.1) is 6.92 Å². The topological polar surface area (TPSA) is 34.1 Å². The summed E-state index contributed by atoms with van der Waals surface area (Å²) in [5, 5.41) is 4.67. The molecule has 3 nitrogen and oxygen atoms in total.